The van der Waals surface area contributed by atoms with Gasteiger partial charge in [0.15, 0.2) is 11.0 Å². The summed E-state index contributed by atoms with van der Waals surface area (Å²) in [4.78, 5) is 25.2. The summed E-state index contributed by atoms with van der Waals surface area (Å²) in [5, 5.41) is 9.67. The van der Waals surface area contributed by atoms with Gasteiger partial charge in [0.2, 0.25) is 11.8 Å². The first-order valence-electron chi connectivity index (χ1n) is 11.5. The van der Waals surface area contributed by atoms with Crippen molar-refractivity contribution >= 4 is 23.6 Å². The Morgan fingerprint density at radius 3 is 2.18 bits per heavy atom. The van der Waals surface area contributed by atoms with E-state index in [1.807, 2.05) is 35.8 Å². The van der Waals surface area contributed by atoms with E-state index >= 15 is 0 Å². The number of thioether (sulfide) groups is 1. The molecule has 178 valence electrons. The van der Waals surface area contributed by atoms with Crippen LogP contribution in [0.15, 0.2) is 53.7 Å². The first-order valence-corrected chi connectivity index (χ1v) is 12.5. The number of imide groups is 1. The van der Waals surface area contributed by atoms with Crippen molar-refractivity contribution in [3.05, 3.63) is 54.1 Å². The smallest absolute Gasteiger partial charge is 0.229 e. The van der Waals surface area contributed by atoms with Crippen molar-refractivity contribution in [2.75, 3.05) is 18.9 Å². The molecule has 0 spiro atoms. The fraction of sp³-hybridized carbons (Fsp3) is 0.385. The topological polar surface area (TPSA) is 77.3 Å². The van der Waals surface area contributed by atoms with Gasteiger partial charge in [-0.15, -0.1) is 10.2 Å². The van der Waals surface area contributed by atoms with Crippen LogP contribution in [0.3, 0.4) is 0 Å². The van der Waals surface area contributed by atoms with Gasteiger partial charge in [0.1, 0.15) is 5.75 Å². The van der Waals surface area contributed by atoms with E-state index in [4.69, 9.17) is 4.74 Å². The molecule has 34 heavy (non-hydrogen) atoms. The van der Waals surface area contributed by atoms with E-state index in [1.165, 1.54) is 22.2 Å². The van der Waals surface area contributed by atoms with Crippen LogP contribution >= 0.6 is 11.8 Å². The summed E-state index contributed by atoms with van der Waals surface area (Å²) >= 11 is 1.48. The van der Waals surface area contributed by atoms with Crippen LogP contribution in [0.25, 0.3) is 17.1 Å². The van der Waals surface area contributed by atoms with E-state index in [2.05, 4.69) is 55.2 Å². The molecule has 3 aromatic rings. The highest BCUT2D eigenvalue weighted by Gasteiger charge is 2.28. The van der Waals surface area contributed by atoms with E-state index in [0.29, 0.717) is 36.9 Å². The van der Waals surface area contributed by atoms with Crippen LogP contribution in [0.4, 0.5) is 0 Å². The Morgan fingerprint density at radius 2 is 1.59 bits per heavy atom. The van der Waals surface area contributed by atoms with Crippen molar-refractivity contribution in [1.82, 2.24) is 19.7 Å². The average Bonchev–Trinajstić information content (AvgIpc) is 3.38. The lowest BCUT2D eigenvalue weighted by Crippen LogP contribution is -2.31. The van der Waals surface area contributed by atoms with Crippen LogP contribution < -0.4 is 4.74 Å². The minimum atomic E-state index is -0.0989. The predicted octanol–water partition coefficient (Wildman–Crippen LogP) is 4.87. The Bertz CT molecular complexity index is 1150. The molecule has 0 radical (unpaired) electrons. The van der Waals surface area contributed by atoms with Gasteiger partial charge in [-0.3, -0.25) is 19.1 Å². The SMILES string of the molecule is CCOc1ccc(-n2c(SCCN3C(=O)CCC3=O)nnc2-c2ccc(C(C)(C)C)cc2)cc1. The molecule has 0 saturated carbocycles. The molecule has 0 bridgehead atoms. The largest absolute Gasteiger partial charge is 0.494 e. The molecule has 1 aromatic heterocycles. The van der Waals surface area contributed by atoms with Crippen LogP contribution in [-0.4, -0.2) is 50.4 Å². The van der Waals surface area contributed by atoms with Gasteiger partial charge in [-0.2, -0.15) is 0 Å². The predicted molar refractivity (Wildman–Crippen MR) is 133 cm³/mol. The molecular formula is C26H30N4O3S. The lowest BCUT2D eigenvalue weighted by Gasteiger charge is -2.19. The maximum absolute atomic E-state index is 11.9. The highest BCUT2D eigenvalue weighted by atomic mass is 32.2. The van der Waals surface area contributed by atoms with Crippen molar-refractivity contribution in [2.45, 2.75) is 51.1 Å². The van der Waals surface area contributed by atoms with Crippen molar-refractivity contribution in [1.29, 1.82) is 0 Å². The number of nitrogens with zero attached hydrogens (tertiary/aromatic N) is 4. The molecule has 2 amide bonds. The lowest BCUT2D eigenvalue weighted by molar-refractivity contribution is -0.137. The third-order valence-corrected chi connectivity index (χ3v) is 6.66. The van der Waals surface area contributed by atoms with Crippen LogP contribution in [0.1, 0.15) is 46.1 Å². The number of benzene rings is 2. The molecule has 1 aliphatic heterocycles. The number of aromatic nitrogens is 3. The minimum absolute atomic E-state index is 0.0623. The Morgan fingerprint density at radius 1 is 0.941 bits per heavy atom. The lowest BCUT2D eigenvalue weighted by atomic mass is 9.87. The van der Waals surface area contributed by atoms with Crippen LogP contribution in [0, 0.1) is 0 Å². The molecule has 1 saturated heterocycles. The van der Waals surface area contributed by atoms with Crippen molar-refractivity contribution < 1.29 is 14.3 Å². The standard InChI is InChI=1S/C26H30N4O3S/c1-5-33-21-12-10-20(11-13-21)30-24(18-6-8-19(9-7-18)26(2,3)4)27-28-25(30)34-17-16-29-22(31)14-15-23(29)32/h6-13H,5,14-17H2,1-4H3. The molecule has 2 aromatic carbocycles. The van der Waals surface area contributed by atoms with Crippen molar-refractivity contribution in [2.24, 2.45) is 0 Å². The minimum Gasteiger partial charge on any atom is -0.494 e. The fourth-order valence-corrected chi connectivity index (χ4v) is 4.74. The van der Waals surface area contributed by atoms with Gasteiger partial charge in [0.05, 0.1) is 6.61 Å². The van der Waals surface area contributed by atoms with Crippen LogP contribution in [0.5, 0.6) is 5.75 Å². The molecule has 2 heterocycles. The Balaban J connectivity index is 1.64. The van der Waals surface area contributed by atoms with Gasteiger partial charge in [0.25, 0.3) is 0 Å². The van der Waals surface area contributed by atoms with Crippen molar-refractivity contribution in [3.63, 3.8) is 0 Å². The molecule has 4 rings (SSSR count). The molecule has 0 atom stereocenters. The Kier molecular flexibility index (Phi) is 7.07. The van der Waals surface area contributed by atoms with E-state index in [0.717, 1.165) is 22.8 Å². The van der Waals surface area contributed by atoms with Crippen LogP contribution in [0.2, 0.25) is 0 Å². The Hall–Kier alpha value is -3.13. The van der Waals surface area contributed by atoms with Gasteiger partial charge < -0.3 is 4.74 Å². The number of likely N-dealkylation sites (tertiary alicyclic amines) is 1. The van der Waals surface area contributed by atoms with Gasteiger partial charge in [-0.1, -0.05) is 56.8 Å². The number of hydrogen-bond acceptors (Lipinski definition) is 6. The van der Waals surface area contributed by atoms with Gasteiger partial charge in [0, 0.05) is 36.4 Å². The zero-order valence-electron chi connectivity index (χ0n) is 20.1. The summed E-state index contributed by atoms with van der Waals surface area (Å²) in [5.41, 5.74) is 3.19. The summed E-state index contributed by atoms with van der Waals surface area (Å²) in [7, 11) is 0. The first kappa shape index (κ1) is 24.0. The maximum Gasteiger partial charge on any atom is 0.229 e. The molecule has 1 aliphatic rings. The molecule has 8 heteroatoms. The second kappa shape index (κ2) is 10.0. The number of ether oxygens (including phenoxy) is 1. The second-order valence-electron chi connectivity index (χ2n) is 9.18. The molecule has 1 fully saturated rings. The van der Waals surface area contributed by atoms with E-state index in [1.54, 1.807) is 0 Å². The second-order valence-corrected chi connectivity index (χ2v) is 10.2. The van der Waals surface area contributed by atoms with Gasteiger partial charge >= 0.3 is 0 Å². The van der Waals surface area contributed by atoms with Gasteiger partial charge in [-0.05, 0) is 42.2 Å². The first-order chi connectivity index (χ1) is 16.3. The summed E-state index contributed by atoms with van der Waals surface area (Å²) in [6, 6.07) is 16.2. The number of rotatable bonds is 8. The molecule has 7 nitrogen and oxygen atoms in total. The zero-order valence-corrected chi connectivity index (χ0v) is 20.9. The summed E-state index contributed by atoms with van der Waals surface area (Å²) in [6.45, 7) is 9.50. The average molecular weight is 479 g/mol. The Labute approximate surface area is 204 Å². The van der Waals surface area contributed by atoms with Gasteiger partial charge in [-0.25, -0.2) is 0 Å². The van der Waals surface area contributed by atoms with E-state index in [9.17, 15) is 9.59 Å². The molecule has 0 N–H and O–H groups in total. The van der Waals surface area contributed by atoms with Crippen LogP contribution in [-0.2, 0) is 15.0 Å². The quantitative estimate of drug-likeness (QED) is 0.340. The normalized spacial score (nSPS) is 14.2. The maximum atomic E-state index is 11.9. The highest BCUT2D eigenvalue weighted by Crippen LogP contribution is 2.31. The molecule has 0 unspecified atom stereocenters. The highest BCUT2D eigenvalue weighted by molar-refractivity contribution is 7.99. The summed E-state index contributed by atoms with van der Waals surface area (Å²) in [5.74, 6) is 1.89. The third kappa shape index (κ3) is 5.17. The molecule has 0 aliphatic carbocycles. The summed E-state index contributed by atoms with van der Waals surface area (Å²) in [6.07, 6.45) is 0.612. The monoisotopic (exact) mass is 478 g/mol. The van der Waals surface area contributed by atoms with E-state index < -0.39 is 0 Å². The van der Waals surface area contributed by atoms with E-state index in [-0.39, 0.29) is 17.2 Å². The van der Waals surface area contributed by atoms with Crippen molar-refractivity contribution in [3.8, 4) is 22.8 Å². The number of amides is 2. The fourth-order valence-electron chi connectivity index (χ4n) is 3.86. The molecular weight excluding hydrogens is 448 g/mol. The zero-order chi connectivity index (χ0) is 24.3. The third-order valence-electron chi connectivity index (χ3n) is 5.75. The number of hydrogen-bond donors (Lipinski definition) is 0. The summed E-state index contributed by atoms with van der Waals surface area (Å²) < 4.78 is 7.61. The number of carbonyl (C=O) groups is 2. The number of carbonyl (C=O) groups excluding carboxylic acids is 2.